The Morgan fingerprint density at radius 1 is 1.11 bits per heavy atom. The molecule has 1 aliphatic heterocycles. The van der Waals surface area contributed by atoms with E-state index in [1.807, 2.05) is 19.1 Å². The van der Waals surface area contributed by atoms with Gasteiger partial charge in [-0.2, -0.15) is 0 Å². The standard InChI is InChI=1S/C19H20N4O4/c1-12-3-5-13(6-4-12)23-18(25)16-15(20-19(23)26)14(11-21(16)2)17(24)22-7-9-27-10-8-22/h3-6,11H,7-10H2,1-2H3,(H,20,26). The van der Waals surface area contributed by atoms with Crippen molar-refractivity contribution in [2.24, 2.45) is 7.05 Å². The topological polar surface area (TPSA) is 89.3 Å². The zero-order valence-corrected chi connectivity index (χ0v) is 15.2. The molecule has 0 bridgehead atoms. The lowest BCUT2D eigenvalue weighted by Crippen LogP contribution is -2.41. The molecule has 140 valence electrons. The maximum Gasteiger partial charge on any atom is 0.333 e. The molecule has 4 rings (SSSR count). The van der Waals surface area contributed by atoms with E-state index in [1.54, 1.807) is 34.8 Å². The number of nitrogens with one attached hydrogen (secondary N) is 1. The van der Waals surface area contributed by atoms with E-state index in [9.17, 15) is 14.4 Å². The Morgan fingerprint density at radius 3 is 2.44 bits per heavy atom. The number of hydrogen-bond donors (Lipinski definition) is 1. The molecule has 0 saturated carbocycles. The fraction of sp³-hybridized carbons (Fsp3) is 0.316. The van der Waals surface area contributed by atoms with Gasteiger partial charge in [0.15, 0.2) is 0 Å². The van der Waals surface area contributed by atoms with E-state index < -0.39 is 11.2 Å². The van der Waals surface area contributed by atoms with Gasteiger partial charge in [-0.3, -0.25) is 9.59 Å². The summed E-state index contributed by atoms with van der Waals surface area (Å²) in [7, 11) is 1.69. The molecule has 1 fully saturated rings. The van der Waals surface area contributed by atoms with Crippen LogP contribution in [0.2, 0.25) is 0 Å². The second-order valence-corrected chi connectivity index (χ2v) is 6.69. The van der Waals surface area contributed by atoms with Crippen LogP contribution in [0.3, 0.4) is 0 Å². The summed E-state index contributed by atoms with van der Waals surface area (Å²) in [5, 5.41) is 0. The third-order valence-electron chi connectivity index (χ3n) is 4.84. The van der Waals surface area contributed by atoms with Crippen molar-refractivity contribution in [2.45, 2.75) is 6.92 Å². The molecule has 0 atom stereocenters. The predicted molar refractivity (Wildman–Crippen MR) is 101 cm³/mol. The Kier molecular flexibility index (Phi) is 4.19. The molecular formula is C19H20N4O4. The second-order valence-electron chi connectivity index (χ2n) is 6.69. The van der Waals surface area contributed by atoms with E-state index in [4.69, 9.17) is 4.74 Å². The average Bonchev–Trinajstić information content (AvgIpc) is 2.99. The minimum absolute atomic E-state index is 0.216. The second kappa shape index (κ2) is 6.55. The minimum Gasteiger partial charge on any atom is -0.378 e. The number of carbonyl (C=O) groups excluding carboxylic acids is 1. The Labute approximate surface area is 154 Å². The molecule has 8 heteroatoms. The maximum absolute atomic E-state index is 13.0. The molecule has 3 aromatic rings. The number of aryl methyl sites for hydroxylation is 2. The van der Waals surface area contributed by atoms with Crippen molar-refractivity contribution in [2.75, 3.05) is 26.3 Å². The van der Waals surface area contributed by atoms with Crippen molar-refractivity contribution >= 4 is 16.9 Å². The maximum atomic E-state index is 13.0. The van der Waals surface area contributed by atoms with Gasteiger partial charge in [-0.25, -0.2) is 9.36 Å². The Hall–Kier alpha value is -3.13. The van der Waals surface area contributed by atoms with E-state index in [-0.39, 0.29) is 16.9 Å². The van der Waals surface area contributed by atoms with Gasteiger partial charge in [0.2, 0.25) is 0 Å². The molecule has 0 radical (unpaired) electrons. The van der Waals surface area contributed by atoms with Crippen LogP contribution in [0.1, 0.15) is 15.9 Å². The first kappa shape index (κ1) is 17.3. The van der Waals surface area contributed by atoms with Gasteiger partial charge < -0.3 is 19.2 Å². The predicted octanol–water partition coefficient (Wildman–Crippen LogP) is 0.798. The molecule has 2 aromatic heterocycles. The molecule has 3 heterocycles. The first-order valence-corrected chi connectivity index (χ1v) is 8.76. The summed E-state index contributed by atoms with van der Waals surface area (Å²) < 4.78 is 7.96. The first-order chi connectivity index (χ1) is 13.0. The number of H-pyrrole nitrogens is 1. The van der Waals surface area contributed by atoms with Gasteiger partial charge in [0.05, 0.1) is 30.0 Å². The van der Waals surface area contributed by atoms with Crippen LogP contribution >= 0.6 is 0 Å². The van der Waals surface area contributed by atoms with Crippen molar-refractivity contribution in [3.05, 3.63) is 62.4 Å². The fourth-order valence-corrected chi connectivity index (χ4v) is 3.40. The van der Waals surface area contributed by atoms with Crippen molar-refractivity contribution in [3.8, 4) is 5.69 Å². The number of rotatable bonds is 2. The zero-order valence-electron chi connectivity index (χ0n) is 15.2. The molecule has 27 heavy (non-hydrogen) atoms. The highest BCUT2D eigenvalue weighted by atomic mass is 16.5. The van der Waals surface area contributed by atoms with Gasteiger partial charge in [0.25, 0.3) is 11.5 Å². The summed E-state index contributed by atoms with van der Waals surface area (Å²) in [6, 6.07) is 7.12. The number of benzene rings is 1. The third kappa shape index (κ3) is 2.87. The molecule has 1 amide bonds. The summed E-state index contributed by atoms with van der Waals surface area (Å²) >= 11 is 0. The van der Waals surface area contributed by atoms with Gasteiger partial charge in [-0.15, -0.1) is 0 Å². The summed E-state index contributed by atoms with van der Waals surface area (Å²) in [5.41, 5.74) is 1.36. The van der Waals surface area contributed by atoms with Gasteiger partial charge in [-0.1, -0.05) is 17.7 Å². The number of nitrogens with zero attached hydrogens (tertiary/aromatic N) is 3. The van der Waals surface area contributed by atoms with E-state index >= 15 is 0 Å². The highest BCUT2D eigenvalue weighted by molar-refractivity contribution is 6.05. The monoisotopic (exact) mass is 368 g/mol. The minimum atomic E-state index is -0.571. The summed E-state index contributed by atoms with van der Waals surface area (Å²) in [4.78, 5) is 43.0. The number of amides is 1. The average molecular weight is 368 g/mol. The van der Waals surface area contributed by atoms with Crippen LogP contribution in [0.5, 0.6) is 0 Å². The normalized spacial score (nSPS) is 14.7. The van der Waals surface area contributed by atoms with Crippen LogP contribution in [-0.4, -0.2) is 51.2 Å². The number of hydrogen-bond acceptors (Lipinski definition) is 4. The lowest BCUT2D eigenvalue weighted by molar-refractivity contribution is 0.0304. The van der Waals surface area contributed by atoms with Gasteiger partial charge in [0, 0.05) is 26.3 Å². The highest BCUT2D eigenvalue weighted by Gasteiger charge is 2.25. The lowest BCUT2D eigenvalue weighted by Gasteiger charge is -2.26. The SMILES string of the molecule is Cc1ccc(-n2c(=O)[nH]c3c(C(=O)N4CCOCC4)cn(C)c3c2=O)cc1. The third-order valence-corrected chi connectivity index (χ3v) is 4.84. The number of morpholine rings is 1. The highest BCUT2D eigenvalue weighted by Crippen LogP contribution is 2.18. The van der Waals surface area contributed by atoms with E-state index in [0.717, 1.165) is 10.1 Å². The largest absolute Gasteiger partial charge is 0.378 e. The van der Waals surface area contributed by atoms with Crippen molar-refractivity contribution in [3.63, 3.8) is 0 Å². The first-order valence-electron chi connectivity index (χ1n) is 8.76. The van der Waals surface area contributed by atoms with E-state index in [0.29, 0.717) is 37.6 Å². The Morgan fingerprint density at radius 2 is 1.78 bits per heavy atom. The Balaban J connectivity index is 1.89. The van der Waals surface area contributed by atoms with Crippen LogP contribution in [0.4, 0.5) is 0 Å². The molecule has 0 spiro atoms. The number of ether oxygens (including phenoxy) is 1. The zero-order chi connectivity index (χ0) is 19.1. The molecule has 1 aromatic carbocycles. The summed E-state index contributed by atoms with van der Waals surface area (Å²) in [6.45, 7) is 3.86. The van der Waals surface area contributed by atoms with E-state index in [2.05, 4.69) is 4.98 Å². The smallest absolute Gasteiger partial charge is 0.333 e. The van der Waals surface area contributed by atoms with Gasteiger partial charge >= 0.3 is 5.69 Å². The molecular weight excluding hydrogens is 348 g/mol. The molecule has 1 N–H and O–H groups in total. The van der Waals surface area contributed by atoms with E-state index in [1.165, 1.54) is 0 Å². The van der Waals surface area contributed by atoms with Crippen molar-refractivity contribution in [1.82, 2.24) is 19.0 Å². The Bertz CT molecular complexity index is 1130. The number of aromatic amines is 1. The van der Waals surface area contributed by atoms with Gasteiger partial charge in [0.1, 0.15) is 5.52 Å². The summed E-state index contributed by atoms with van der Waals surface area (Å²) in [6.07, 6.45) is 1.60. The van der Waals surface area contributed by atoms with Crippen molar-refractivity contribution < 1.29 is 9.53 Å². The number of aromatic nitrogens is 3. The summed E-state index contributed by atoms with van der Waals surface area (Å²) in [5.74, 6) is -0.216. The van der Waals surface area contributed by atoms with Crippen LogP contribution < -0.4 is 11.2 Å². The van der Waals surface area contributed by atoms with Gasteiger partial charge in [-0.05, 0) is 19.1 Å². The molecule has 0 unspecified atom stereocenters. The fourth-order valence-electron chi connectivity index (χ4n) is 3.40. The van der Waals surface area contributed by atoms with Crippen LogP contribution in [-0.2, 0) is 11.8 Å². The number of carbonyl (C=O) groups is 1. The lowest BCUT2D eigenvalue weighted by atomic mass is 10.2. The van der Waals surface area contributed by atoms with Crippen LogP contribution in [0.15, 0.2) is 40.1 Å². The molecule has 8 nitrogen and oxygen atoms in total. The quantitative estimate of drug-likeness (QED) is 0.725. The molecule has 1 aliphatic rings. The van der Waals surface area contributed by atoms with Crippen LogP contribution in [0.25, 0.3) is 16.7 Å². The van der Waals surface area contributed by atoms with Crippen molar-refractivity contribution in [1.29, 1.82) is 0 Å². The molecule has 1 saturated heterocycles. The van der Waals surface area contributed by atoms with Crippen LogP contribution in [0, 0.1) is 6.92 Å². The number of fused-ring (bicyclic) bond motifs is 1. The molecule has 0 aliphatic carbocycles.